The highest BCUT2D eigenvalue weighted by atomic mass is 16.5. The van der Waals surface area contributed by atoms with Crippen LogP contribution in [0.3, 0.4) is 0 Å². The van der Waals surface area contributed by atoms with E-state index in [-0.39, 0.29) is 6.10 Å². The lowest BCUT2D eigenvalue weighted by atomic mass is 10.2. The summed E-state index contributed by atoms with van der Waals surface area (Å²) in [6.07, 6.45) is 3.85. The molecular weight excluding hydrogens is 208 g/mol. The smallest absolute Gasteiger partial charge is 0.227 e. The van der Waals surface area contributed by atoms with Gasteiger partial charge in [0, 0.05) is 12.6 Å². The highest BCUT2D eigenvalue weighted by molar-refractivity contribution is 5.46. The fourth-order valence-corrected chi connectivity index (χ4v) is 1.22. The van der Waals surface area contributed by atoms with Crippen molar-refractivity contribution >= 4 is 0 Å². The van der Waals surface area contributed by atoms with Crippen molar-refractivity contribution in [3.05, 3.63) is 24.5 Å². The maximum Gasteiger partial charge on any atom is 0.227 e. The number of aliphatic hydroxyl groups is 1. The van der Waals surface area contributed by atoms with Gasteiger partial charge in [0.1, 0.15) is 12.0 Å². The van der Waals surface area contributed by atoms with Crippen molar-refractivity contribution in [1.82, 2.24) is 20.1 Å². The van der Waals surface area contributed by atoms with E-state index in [2.05, 4.69) is 20.1 Å². The molecule has 1 unspecified atom stereocenters. The van der Waals surface area contributed by atoms with E-state index in [0.717, 1.165) is 0 Å². The first-order chi connectivity index (χ1) is 7.75. The molecule has 0 aliphatic heterocycles. The number of aryl methyl sites for hydroxylation is 1. The Morgan fingerprint density at radius 2 is 2.38 bits per heavy atom. The van der Waals surface area contributed by atoms with Crippen LogP contribution in [0.5, 0.6) is 0 Å². The first-order valence-electron chi connectivity index (χ1n) is 5.03. The normalized spacial score (nSPS) is 12.6. The zero-order valence-corrected chi connectivity index (χ0v) is 8.87. The highest BCUT2D eigenvalue weighted by Crippen LogP contribution is 2.12. The van der Waals surface area contributed by atoms with Crippen LogP contribution in [0, 0.1) is 0 Å². The molecule has 2 aromatic rings. The summed E-state index contributed by atoms with van der Waals surface area (Å²) < 4.78 is 5.04. The average molecular weight is 220 g/mol. The molecule has 0 saturated heterocycles. The average Bonchev–Trinajstić information content (AvgIpc) is 2.76. The third kappa shape index (κ3) is 2.60. The van der Waals surface area contributed by atoms with E-state index in [4.69, 9.17) is 9.63 Å². The van der Waals surface area contributed by atoms with Crippen molar-refractivity contribution in [2.45, 2.75) is 25.9 Å². The van der Waals surface area contributed by atoms with Crippen molar-refractivity contribution in [3.63, 3.8) is 0 Å². The van der Waals surface area contributed by atoms with Crippen molar-refractivity contribution < 1.29 is 9.63 Å². The zero-order chi connectivity index (χ0) is 11.4. The summed E-state index contributed by atoms with van der Waals surface area (Å²) in [5, 5.41) is 12.9. The largest absolute Gasteiger partial charge is 0.393 e. The van der Waals surface area contributed by atoms with E-state index in [1.54, 1.807) is 19.2 Å². The lowest BCUT2D eigenvalue weighted by Gasteiger charge is -1.98. The van der Waals surface area contributed by atoms with Gasteiger partial charge in [0.2, 0.25) is 11.7 Å². The summed E-state index contributed by atoms with van der Waals surface area (Å²) in [6, 6.07) is 1.71. The zero-order valence-electron chi connectivity index (χ0n) is 8.87. The minimum Gasteiger partial charge on any atom is -0.393 e. The van der Waals surface area contributed by atoms with Crippen molar-refractivity contribution in [3.8, 4) is 11.5 Å². The minimum atomic E-state index is -0.366. The Kier molecular flexibility index (Phi) is 3.21. The molecule has 6 heteroatoms. The molecule has 16 heavy (non-hydrogen) atoms. The van der Waals surface area contributed by atoms with Gasteiger partial charge in [-0.1, -0.05) is 5.16 Å². The van der Waals surface area contributed by atoms with Gasteiger partial charge in [0.05, 0.1) is 6.10 Å². The number of aromatic nitrogens is 4. The van der Waals surface area contributed by atoms with Crippen LogP contribution < -0.4 is 0 Å². The molecule has 84 valence electrons. The Morgan fingerprint density at radius 1 is 1.50 bits per heavy atom. The number of hydrogen-bond acceptors (Lipinski definition) is 6. The molecule has 2 rings (SSSR count). The fraction of sp³-hybridized carbons (Fsp3) is 0.400. The molecule has 0 bridgehead atoms. The lowest BCUT2D eigenvalue weighted by molar-refractivity contribution is 0.180. The van der Waals surface area contributed by atoms with Crippen molar-refractivity contribution in [2.24, 2.45) is 0 Å². The Morgan fingerprint density at radius 3 is 3.06 bits per heavy atom. The molecule has 0 aliphatic carbocycles. The van der Waals surface area contributed by atoms with E-state index in [0.29, 0.717) is 30.3 Å². The van der Waals surface area contributed by atoms with Crippen molar-refractivity contribution in [1.29, 1.82) is 0 Å². The third-order valence-corrected chi connectivity index (χ3v) is 2.06. The Labute approximate surface area is 92.4 Å². The predicted octanol–water partition coefficient (Wildman–Crippen LogP) is 0.840. The molecule has 6 nitrogen and oxygen atoms in total. The van der Waals surface area contributed by atoms with Crippen LogP contribution in [0.4, 0.5) is 0 Å². The van der Waals surface area contributed by atoms with Crippen LogP contribution in [-0.4, -0.2) is 31.3 Å². The predicted molar refractivity (Wildman–Crippen MR) is 55.3 cm³/mol. The van der Waals surface area contributed by atoms with Gasteiger partial charge < -0.3 is 9.63 Å². The molecule has 0 saturated carbocycles. The van der Waals surface area contributed by atoms with Crippen LogP contribution in [0.1, 0.15) is 19.2 Å². The first kappa shape index (κ1) is 10.7. The maximum atomic E-state index is 9.13. The molecule has 0 amide bonds. The molecule has 0 radical (unpaired) electrons. The maximum absolute atomic E-state index is 9.13. The molecule has 0 aromatic carbocycles. The van der Waals surface area contributed by atoms with Crippen molar-refractivity contribution in [2.75, 3.05) is 0 Å². The van der Waals surface area contributed by atoms with Crippen LogP contribution in [0.2, 0.25) is 0 Å². The standard InChI is InChI=1S/C10H12N4O2/c1-7(15)2-3-9-13-10(14-16-9)8-4-5-11-6-12-8/h4-7,15H,2-3H2,1H3. The number of hydrogen-bond donors (Lipinski definition) is 1. The fourth-order valence-electron chi connectivity index (χ4n) is 1.22. The van der Waals surface area contributed by atoms with Gasteiger partial charge in [0.25, 0.3) is 0 Å². The second kappa shape index (κ2) is 4.80. The first-order valence-corrected chi connectivity index (χ1v) is 5.03. The second-order valence-corrected chi connectivity index (χ2v) is 3.49. The van der Waals surface area contributed by atoms with Gasteiger partial charge in [-0.15, -0.1) is 0 Å². The van der Waals surface area contributed by atoms with Crippen LogP contribution >= 0.6 is 0 Å². The van der Waals surface area contributed by atoms with Gasteiger partial charge >= 0.3 is 0 Å². The van der Waals surface area contributed by atoms with Crippen LogP contribution in [0.15, 0.2) is 23.1 Å². The summed E-state index contributed by atoms with van der Waals surface area (Å²) in [4.78, 5) is 12.0. The highest BCUT2D eigenvalue weighted by Gasteiger charge is 2.09. The molecule has 1 atom stereocenters. The topological polar surface area (TPSA) is 84.9 Å². The van der Waals surface area contributed by atoms with E-state index < -0.39 is 0 Å². The SMILES string of the molecule is CC(O)CCc1nc(-c2ccncn2)no1. The summed E-state index contributed by atoms with van der Waals surface area (Å²) in [6.45, 7) is 1.72. The molecule has 1 N–H and O–H groups in total. The van der Waals surface area contributed by atoms with E-state index in [9.17, 15) is 0 Å². The molecular formula is C10H12N4O2. The molecule has 0 spiro atoms. The Bertz CT molecular complexity index is 441. The molecule has 0 aliphatic rings. The van der Waals surface area contributed by atoms with E-state index >= 15 is 0 Å². The molecule has 0 fully saturated rings. The Hall–Kier alpha value is -1.82. The van der Waals surface area contributed by atoms with Crippen LogP contribution in [0.25, 0.3) is 11.5 Å². The summed E-state index contributed by atoms with van der Waals surface area (Å²) in [7, 11) is 0. The quantitative estimate of drug-likeness (QED) is 0.821. The molecule has 2 aromatic heterocycles. The summed E-state index contributed by atoms with van der Waals surface area (Å²) in [5.74, 6) is 0.956. The van der Waals surface area contributed by atoms with Gasteiger partial charge in [-0.2, -0.15) is 4.98 Å². The van der Waals surface area contributed by atoms with Gasteiger partial charge in [-0.3, -0.25) is 0 Å². The van der Waals surface area contributed by atoms with Gasteiger partial charge in [0.15, 0.2) is 0 Å². The second-order valence-electron chi connectivity index (χ2n) is 3.49. The summed E-state index contributed by atoms with van der Waals surface area (Å²) >= 11 is 0. The van der Waals surface area contributed by atoms with Gasteiger partial charge in [-0.25, -0.2) is 9.97 Å². The monoisotopic (exact) mass is 220 g/mol. The minimum absolute atomic E-state index is 0.366. The number of aliphatic hydroxyl groups excluding tert-OH is 1. The Balaban J connectivity index is 2.08. The number of nitrogens with zero attached hydrogens (tertiary/aromatic N) is 4. The van der Waals surface area contributed by atoms with Crippen LogP contribution in [-0.2, 0) is 6.42 Å². The third-order valence-electron chi connectivity index (χ3n) is 2.06. The van der Waals surface area contributed by atoms with E-state index in [1.807, 2.05) is 0 Å². The number of rotatable bonds is 4. The van der Waals surface area contributed by atoms with E-state index in [1.165, 1.54) is 6.33 Å². The molecule has 2 heterocycles. The lowest BCUT2D eigenvalue weighted by Crippen LogP contribution is -2.01. The summed E-state index contributed by atoms with van der Waals surface area (Å²) in [5.41, 5.74) is 0.627. The van der Waals surface area contributed by atoms with Gasteiger partial charge in [-0.05, 0) is 19.4 Å².